The second-order valence-corrected chi connectivity index (χ2v) is 7.11. The minimum Gasteiger partial charge on any atom is -0.379 e. The zero-order chi connectivity index (χ0) is 15.6. The Morgan fingerprint density at radius 2 is 1.64 bits per heavy atom. The monoisotopic (exact) mass is 329 g/mol. The molecular weight excluding hydrogens is 310 g/mol. The maximum absolute atomic E-state index is 12.5. The number of aromatic nitrogens is 1. The van der Waals surface area contributed by atoms with E-state index in [2.05, 4.69) is 4.98 Å². The lowest BCUT2D eigenvalue weighted by molar-refractivity contribution is 0.0299. The average molecular weight is 329 g/mol. The van der Waals surface area contributed by atoms with Crippen LogP contribution in [0.25, 0.3) is 0 Å². The number of morpholine rings is 2. The van der Waals surface area contributed by atoms with Crippen LogP contribution in [0, 0.1) is 0 Å². The highest BCUT2D eigenvalue weighted by atomic mass is 32.2. The van der Waals surface area contributed by atoms with E-state index in [4.69, 9.17) is 9.47 Å². The SMILES string of the molecule is O=C(c1cc(S(=O)(=O)N2CCOCC2)c[nH]1)N1CCOCC1. The minimum absolute atomic E-state index is 0.117. The Morgan fingerprint density at radius 1 is 1.05 bits per heavy atom. The van der Waals surface area contributed by atoms with Crippen LogP contribution in [0.1, 0.15) is 10.5 Å². The summed E-state index contributed by atoms with van der Waals surface area (Å²) in [5, 5.41) is 0. The molecule has 1 amide bonds. The summed E-state index contributed by atoms with van der Waals surface area (Å²) in [5.41, 5.74) is 0.286. The largest absolute Gasteiger partial charge is 0.379 e. The van der Waals surface area contributed by atoms with Gasteiger partial charge in [0.25, 0.3) is 5.91 Å². The molecule has 1 N–H and O–H groups in total. The average Bonchev–Trinajstić information content (AvgIpc) is 3.06. The van der Waals surface area contributed by atoms with Gasteiger partial charge >= 0.3 is 0 Å². The summed E-state index contributed by atoms with van der Waals surface area (Å²) >= 11 is 0. The number of nitrogens with one attached hydrogen (secondary N) is 1. The number of H-pyrrole nitrogens is 1. The van der Waals surface area contributed by atoms with Crippen molar-refractivity contribution >= 4 is 15.9 Å². The third kappa shape index (κ3) is 3.02. The summed E-state index contributed by atoms with van der Waals surface area (Å²) < 4.78 is 36.8. The van der Waals surface area contributed by atoms with E-state index < -0.39 is 10.0 Å². The molecule has 0 aliphatic carbocycles. The van der Waals surface area contributed by atoms with Gasteiger partial charge in [0.05, 0.1) is 26.4 Å². The van der Waals surface area contributed by atoms with E-state index >= 15 is 0 Å². The van der Waals surface area contributed by atoms with Crippen LogP contribution in [0.3, 0.4) is 0 Å². The number of rotatable bonds is 3. The van der Waals surface area contributed by atoms with E-state index in [0.717, 1.165) is 0 Å². The molecule has 2 aliphatic heterocycles. The first kappa shape index (κ1) is 15.5. The van der Waals surface area contributed by atoms with Crippen molar-refractivity contribution in [2.45, 2.75) is 4.90 Å². The molecule has 0 radical (unpaired) electrons. The van der Waals surface area contributed by atoms with Gasteiger partial charge in [0, 0.05) is 32.4 Å². The maximum atomic E-state index is 12.5. The fourth-order valence-corrected chi connectivity index (χ4v) is 3.92. The number of hydrogen-bond acceptors (Lipinski definition) is 5. The molecule has 0 unspecified atom stereocenters. The van der Waals surface area contributed by atoms with E-state index in [1.807, 2.05) is 0 Å². The van der Waals surface area contributed by atoms with Crippen molar-refractivity contribution in [3.05, 3.63) is 18.0 Å². The molecule has 8 nitrogen and oxygen atoms in total. The van der Waals surface area contributed by atoms with Crippen LogP contribution >= 0.6 is 0 Å². The van der Waals surface area contributed by atoms with Gasteiger partial charge in [0.15, 0.2) is 0 Å². The van der Waals surface area contributed by atoms with E-state index in [1.165, 1.54) is 16.6 Å². The summed E-state index contributed by atoms with van der Waals surface area (Å²) in [5.74, 6) is -0.202. The number of amides is 1. The third-order valence-electron chi connectivity index (χ3n) is 3.79. The molecule has 0 saturated carbocycles. The smallest absolute Gasteiger partial charge is 0.270 e. The van der Waals surface area contributed by atoms with Gasteiger partial charge in [-0.2, -0.15) is 4.31 Å². The molecule has 0 aromatic carbocycles. The number of ether oxygens (including phenoxy) is 2. The second-order valence-electron chi connectivity index (χ2n) is 5.17. The Labute approximate surface area is 129 Å². The molecule has 2 saturated heterocycles. The molecular formula is C13H19N3O5S. The van der Waals surface area contributed by atoms with Gasteiger partial charge in [-0.25, -0.2) is 8.42 Å². The van der Waals surface area contributed by atoms with Crippen LogP contribution in [-0.4, -0.2) is 81.1 Å². The van der Waals surface area contributed by atoms with Crippen LogP contribution in [0.2, 0.25) is 0 Å². The molecule has 2 aliphatic rings. The van der Waals surface area contributed by atoms with Crippen LogP contribution < -0.4 is 0 Å². The van der Waals surface area contributed by atoms with Gasteiger partial charge in [-0.15, -0.1) is 0 Å². The van der Waals surface area contributed by atoms with Crippen LogP contribution in [0.4, 0.5) is 0 Å². The predicted molar refractivity (Wildman–Crippen MR) is 77.1 cm³/mol. The first-order chi connectivity index (χ1) is 10.6. The molecule has 3 rings (SSSR count). The van der Waals surface area contributed by atoms with Crippen molar-refractivity contribution in [3.8, 4) is 0 Å². The summed E-state index contributed by atoms with van der Waals surface area (Å²) in [6.07, 6.45) is 1.37. The van der Waals surface area contributed by atoms with Crippen molar-refractivity contribution in [2.24, 2.45) is 0 Å². The molecule has 3 heterocycles. The van der Waals surface area contributed by atoms with Crippen LogP contribution in [0.5, 0.6) is 0 Å². The highest BCUT2D eigenvalue weighted by molar-refractivity contribution is 7.89. The standard InChI is InChI=1S/C13H19N3O5S/c17-13(15-1-5-20-6-2-15)12-9-11(10-14-12)22(18,19)16-3-7-21-8-4-16/h9-10,14H,1-8H2. The topological polar surface area (TPSA) is 91.9 Å². The first-order valence-corrected chi connectivity index (χ1v) is 8.66. The van der Waals surface area contributed by atoms with Crippen molar-refractivity contribution in [1.29, 1.82) is 0 Å². The fraction of sp³-hybridized carbons (Fsp3) is 0.615. The molecule has 122 valence electrons. The number of sulfonamides is 1. The summed E-state index contributed by atoms with van der Waals surface area (Å²) in [7, 11) is -3.58. The molecule has 0 atom stereocenters. The van der Waals surface area contributed by atoms with Crippen LogP contribution in [0.15, 0.2) is 17.2 Å². The van der Waals surface area contributed by atoms with Crippen molar-refractivity contribution < 1.29 is 22.7 Å². The number of aromatic amines is 1. The van der Waals surface area contributed by atoms with E-state index in [9.17, 15) is 13.2 Å². The molecule has 1 aromatic rings. The molecule has 2 fully saturated rings. The highest BCUT2D eigenvalue weighted by Crippen LogP contribution is 2.19. The Kier molecular flexibility index (Phi) is 4.48. The predicted octanol–water partition coefficient (Wildman–Crippen LogP) is -0.492. The quantitative estimate of drug-likeness (QED) is 0.808. The third-order valence-corrected chi connectivity index (χ3v) is 5.67. The van der Waals surface area contributed by atoms with Gasteiger partial charge in [-0.05, 0) is 6.07 Å². The Bertz CT molecular complexity index is 630. The summed E-state index contributed by atoms with van der Waals surface area (Å²) in [4.78, 5) is 16.9. The zero-order valence-corrected chi connectivity index (χ0v) is 13.0. The summed E-state index contributed by atoms with van der Waals surface area (Å²) in [6.45, 7) is 3.50. The second kappa shape index (κ2) is 6.37. The van der Waals surface area contributed by atoms with Gasteiger partial charge in [0.1, 0.15) is 10.6 Å². The fourth-order valence-electron chi connectivity index (χ4n) is 2.52. The summed E-state index contributed by atoms with van der Waals surface area (Å²) in [6, 6.07) is 1.41. The maximum Gasteiger partial charge on any atom is 0.270 e. The van der Waals surface area contributed by atoms with E-state index in [0.29, 0.717) is 52.6 Å². The van der Waals surface area contributed by atoms with E-state index in [-0.39, 0.29) is 16.5 Å². The zero-order valence-electron chi connectivity index (χ0n) is 12.2. The Balaban J connectivity index is 1.76. The van der Waals surface area contributed by atoms with E-state index in [1.54, 1.807) is 4.90 Å². The lowest BCUT2D eigenvalue weighted by Gasteiger charge is -2.26. The number of hydrogen-bond donors (Lipinski definition) is 1. The van der Waals surface area contributed by atoms with Gasteiger partial charge in [-0.3, -0.25) is 4.79 Å². The lowest BCUT2D eigenvalue weighted by Crippen LogP contribution is -2.41. The van der Waals surface area contributed by atoms with Crippen molar-refractivity contribution in [1.82, 2.24) is 14.2 Å². The Hall–Kier alpha value is -1.42. The molecule has 9 heteroatoms. The molecule has 0 bridgehead atoms. The lowest BCUT2D eigenvalue weighted by atomic mass is 10.3. The van der Waals surface area contributed by atoms with Gasteiger partial charge in [-0.1, -0.05) is 0 Å². The normalized spacial score (nSPS) is 21.0. The Morgan fingerprint density at radius 3 is 2.27 bits per heavy atom. The van der Waals surface area contributed by atoms with Gasteiger partial charge < -0.3 is 19.4 Å². The number of nitrogens with zero attached hydrogens (tertiary/aromatic N) is 2. The van der Waals surface area contributed by atoms with Crippen molar-refractivity contribution in [3.63, 3.8) is 0 Å². The number of carbonyl (C=O) groups is 1. The van der Waals surface area contributed by atoms with Crippen molar-refractivity contribution in [2.75, 3.05) is 52.6 Å². The number of carbonyl (C=O) groups excluding carboxylic acids is 1. The molecule has 22 heavy (non-hydrogen) atoms. The van der Waals surface area contributed by atoms with Gasteiger partial charge in [0.2, 0.25) is 10.0 Å². The van der Waals surface area contributed by atoms with Crippen LogP contribution in [-0.2, 0) is 19.5 Å². The molecule has 0 spiro atoms. The highest BCUT2D eigenvalue weighted by Gasteiger charge is 2.29. The molecule has 1 aromatic heterocycles. The first-order valence-electron chi connectivity index (χ1n) is 7.22. The minimum atomic E-state index is -3.58.